The van der Waals surface area contributed by atoms with E-state index in [9.17, 15) is 15.0 Å². The second-order valence-electron chi connectivity index (χ2n) is 12.1. The highest BCUT2D eigenvalue weighted by molar-refractivity contribution is 5.96. The van der Waals surface area contributed by atoms with Crippen LogP contribution in [0.5, 0.6) is 0 Å². The average molecular weight is 532 g/mol. The lowest BCUT2D eigenvalue weighted by Gasteiger charge is -2.59. The molecule has 2 aliphatic rings. The Morgan fingerprint density at radius 2 is 1.65 bits per heavy atom. The van der Waals surface area contributed by atoms with E-state index in [0.717, 1.165) is 36.0 Å². The molecule has 1 aromatic heterocycles. The molecule has 1 saturated carbocycles. The van der Waals surface area contributed by atoms with Gasteiger partial charge in [-0.2, -0.15) is 0 Å². The van der Waals surface area contributed by atoms with E-state index < -0.39 is 11.2 Å². The highest BCUT2D eigenvalue weighted by atomic mass is 16.4. The summed E-state index contributed by atoms with van der Waals surface area (Å²) in [4.78, 5) is 17.4. The standard InChI is InChI=1S/C36H37NO3/c1-34(39)25-35(22-26-9-4-2-5-10-26)31(23-36(34,40)30-12-6-3-7-13-30)17-15-28-21-29(16-18-32(28)35)33(38)19-14-27-11-8-20-37-24-27/h2-13,16,18,20-21,24,31,39-40H,14-15,17,19,22-23,25H2,1H3/t31-,34-,35-,36-/m1/s1. The fraction of sp³-hybridized carbons (Fsp3) is 0.333. The van der Waals surface area contributed by atoms with Crippen molar-refractivity contribution >= 4 is 5.78 Å². The summed E-state index contributed by atoms with van der Waals surface area (Å²) in [5.74, 6) is 0.317. The highest BCUT2D eigenvalue weighted by Crippen LogP contribution is 2.59. The van der Waals surface area contributed by atoms with Crippen molar-refractivity contribution in [2.24, 2.45) is 5.92 Å². The summed E-state index contributed by atoms with van der Waals surface area (Å²) in [5, 5.41) is 24.2. The first-order valence-electron chi connectivity index (χ1n) is 14.4. The van der Waals surface area contributed by atoms with Gasteiger partial charge in [-0.05, 0) is 91.3 Å². The molecular formula is C36H37NO3. The van der Waals surface area contributed by atoms with E-state index in [0.29, 0.717) is 25.7 Å². The highest BCUT2D eigenvalue weighted by Gasteiger charge is 2.61. The number of Topliss-reactive ketones (excluding diaryl/α,β-unsaturated/α-hetero) is 1. The first-order valence-corrected chi connectivity index (χ1v) is 14.4. The van der Waals surface area contributed by atoms with Gasteiger partial charge < -0.3 is 10.2 Å². The maximum absolute atomic E-state index is 13.2. The van der Waals surface area contributed by atoms with E-state index in [1.54, 1.807) is 13.1 Å². The molecule has 4 heteroatoms. The number of aliphatic hydroxyl groups is 2. The molecule has 2 N–H and O–H groups in total. The largest absolute Gasteiger partial charge is 0.387 e. The maximum atomic E-state index is 13.2. The number of aryl methyl sites for hydroxylation is 2. The van der Waals surface area contributed by atoms with Gasteiger partial charge in [0.05, 0.1) is 5.60 Å². The van der Waals surface area contributed by atoms with Gasteiger partial charge in [0.25, 0.3) is 0 Å². The summed E-state index contributed by atoms with van der Waals surface area (Å²) in [6.45, 7) is 1.80. The summed E-state index contributed by atoms with van der Waals surface area (Å²) in [7, 11) is 0. The van der Waals surface area contributed by atoms with Crippen molar-refractivity contribution in [2.75, 3.05) is 0 Å². The smallest absolute Gasteiger partial charge is 0.163 e. The Kier molecular flexibility index (Phi) is 6.93. The maximum Gasteiger partial charge on any atom is 0.163 e. The van der Waals surface area contributed by atoms with Crippen molar-refractivity contribution in [3.63, 3.8) is 0 Å². The van der Waals surface area contributed by atoms with Crippen LogP contribution in [0.15, 0.2) is 103 Å². The molecular weight excluding hydrogens is 494 g/mol. The molecule has 4 atom stereocenters. The molecule has 1 heterocycles. The fourth-order valence-corrected chi connectivity index (χ4v) is 7.51. The zero-order valence-corrected chi connectivity index (χ0v) is 23.1. The number of nitrogens with zero attached hydrogens (tertiary/aromatic N) is 1. The first kappa shape index (κ1) is 26.6. The quantitative estimate of drug-likeness (QED) is 0.272. The van der Waals surface area contributed by atoms with Crippen LogP contribution in [0.3, 0.4) is 0 Å². The summed E-state index contributed by atoms with van der Waals surface area (Å²) in [5.41, 5.74) is 3.19. The molecule has 0 saturated heterocycles. The van der Waals surface area contributed by atoms with Gasteiger partial charge in [0.2, 0.25) is 0 Å². The van der Waals surface area contributed by atoms with Crippen LogP contribution in [0.25, 0.3) is 0 Å². The van der Waals surface area contributed by atoms with Gasteiger partial charge in [0, 0.05) is 29.8 Å². The number of fused-ring (bicyclic) bond motifs is 3. The van der Waals surface area contributed by atoms with Gasteiger partial charge in [-0.15, -0.1) is 0 Å². The Morgan fingerprint density at radius 1 is 0.925 bits per heavy atom. The molecule has 0 unspecified atom stereocenters. The third-order valence-corrected chi connectivity index (χ3v) is 9.58. The van der Waals surface area contributed by atoms with Crippen molar-refractivity contribution in [2.45, 2.75) is 68.5 Å². The zero-order chi connectivity index (χ0) is 27.8. The SMILES string of the molecule is C[C@@]1(O)C[C@@]2(Cc3ccccc3)c3ccc(C(=O)CCc4cccnc4)cc3CC[C@@H]2C[C@@]1(O)c1ccccc1. The molecule has 4 aromatic rings. The summed E-state index contributed by atoms with van der Waals surface area (Å²) >= 11 is 0. The summed E-state index contributed by atoms with van der Waals surface area (Å²) in [6.07, 6.45) is 8.14. The van der Waals surface area contributed by atoms with Crippen molar-refractivity contribution < 1.29 is 15.0 Å². The Balaban J connectivity index is 1.37. The molecule has 2 aliphatic carbocycles. The first-order chi connectivity index (χ1) is 19.3. The van der Waals surface area contributed by atoms with Crippen LogP contribution in [0.1, 0.15) is 70.8 Å². The number of hydrogen-bond donors (Lipinski definition) is 2. The van der Waals surface area contributed by atoms with Crippen molar-refractivity contribution in [1.29, 1.82) is 0 Å². The second-order valence-corrected chi connectivity index (χ2v) is 12.1. The molecule has 3 aromatic carbocycles. The van der Waals surface area contributed by atoms with E-state index in [2.05, 4.69) is 41.4 Å². The topological polar surface area (TPSA) is 70.4 Å². The van der Waals surface area contributed by atoms with Gasteiger partial charge in [-0.3, -0.25) is 9.78 Å². The lowest BCUT2D eigenvalue weighted by molar-refractivity contribution is -0.204. The molecule has 1 fully saturated rings. The van der Waals surface area contributed by atoms with Gasteiger partial charge in [0.15, 0.2) is 5.78 Å². The normalized spacial score (nSPS) is 27.4. The van der Waals surface area contributed by atoms with Crippen LogP contribution in [0.4, 0.5) is 0 Å². The summed E-state index contributed by atoms with van der Waals surface area (Å²) < 4.78 is 0. The van der Waals surface area contributed by atoms with Crippen molar-refractivity contribution in [1.82, 2.24) is 4.98 Å². The van der Waals surface area contributed by atoms with Gasteiger partial charge >= 0.3 is 0 Å². The molecule has 0 aliphatic heterocycles. The number of benzene rings is 3. The monoisotopic (exact) mass is 531 g/mol. The van der Waals surface area contributed by atoms with Crippen LogP contribution in [-0.2, 0) is 30.3 Å². The van der Waals surface area contributed by atoms with E-state index >= 15 is 0 Å². The van der Waals surface area contributed by atoms with Crippen LogP contribution in [0, 0.1) is 5.92 Å². The van der Waals surface area contributed by atoms with Crippen molar-refractivity contribution in [3.8, 4) is 0 Å². The molecule has 0 bridgehead atoms. The molecule has 0 spiro atoms. The average Bonchev–Trinajstić information content (AvgIpc) is 2.98. The Morgan fingerprint density at radius 3 is 2.38 bits per heavy atom. The number of aromatic nitrogens is 1. The van der Waals surface area contributed by atoms with Gasteiger partial charge in [0.1, 0.15) is 5.60 Å². The van der Waals surface area contributed by atoms with E-state index in [-0.39, 0.29) is 17.1 Å². The minimum Gasteiger partial charge on any atom is -0.387 e. The number of carbonyl (C=O) groups excluding carboxylic acids is 1. The predicted octanol–water partition coefficient (Wildman–Crippen LogP) is 6.37. The molecule has 0 amide bonds. The Labute approximate surface area is 236 Å². The molecule has 40 heavy (non-hydrogen) atoms. The molecule has 4 nitrogen and oxygen atoms in total. The summed E-state index contributed by atoms with van der Waals surface area (Å²) in [6, 6.07) is 30.3. The Hall–Kier alpha value is -3.60. The Bertz CT molecular complexity index is 1480. The van der Waals surface area contributed by atoms with E-state index in [1.165, 1.54) is 16.7 Å². The lowest BCUT2D eigenvalue weighted by atomic mass is 9.48. The van der Waals surface area contributed by atoms with Crippen molar-refractivity contribution in [3.05, 3.63) is 137 Å². The van der Waals surface area contributed by atoms with Gasteiger partial charge in [-0.1, -0.05) is 78.9 Å². The van der Waals surface area contributed by atoms with Crippen LogP contribution < -0.4 is 0 Å². The van der Waals surface area contributed by atoms with Crippen LogP contribution in [0.2, 0.25) is 0 Å². The minimum atomic E-state index is -1.34. The van der Waals surface area contributed by atoms with Crippen LogP contribution in [-0.4, -0.2) is 26.6 Å². The van der Waals surface area contributed by atoms with E-state index in [4.69, 9.17) is 0 Å². The van der Waals surface area contributed by atoms with Crippen LogP contribution >= 0.6 is 0 Å². The lowest BCUT2D eigenvalue weighted by Crippen LogP contribution is -2.62. The fourth-order valence-electron chi connectivity index (χ4n) is 7.51. The second kappa shape index (κ2) is 10.4. The minimum absolute atomic E-state index is 0.139. The van der Waals surface area contributed by atoms with E-state index in [1.807, 2.05) is 60.8 Å². The molecule has 6 rings (SSSR count). The zero-order valence-electron chi connectivity index (χ0n) is 23.1. The number of pyridine rings is 1. The number of ketones is 1. The molecule has 0 radical (unpaired) electrons. The number of rotatable bonds is 7. The number of carbonyl (C=O) groups is 1. The number of hydrogen-bond acceptors (Lipinski definition) is 4. The predicted molar refractivity (Wildman–Crippen MR) is 157 cm³/mol. The molecule has 204 valence electrons. The van der Waals surface area contributed by atoms with Gasteiger partial charge in [-0.25, -0.2) is 0 Å². The third kappa shape index (κ3) is 4.70. The third-order valence-electron chi connectivity index (χ3n) is 9.58.